The van der Waals surface area contributed by atoms with E-state index in [1.165, 1.54) is 0 Å². The van der Waals surface area contributed by atoms with Crippen molar-refractivity contribution in [2.75, 3.05) is 20.3 Å². The molecule has 0 spiro atoms. The lowest BCUT2D eigenvalue weighted by Crippen LogP contribution is -2.43. The van der Waals surface area contributed by atoms with Crippen molar-refractivity contribution in [2.45, 2.75) is 31.6 Å². The van der Waals surface area contributed by atoms with E-state index >= 15 is 0 Å². The number of benzene rings is 2. The summed E-state index contributed by atoms with van der Waals surface area (Å²) in [5.41, 5.74) is 1.99. The molecule has 0 fully saturated rings. The summed E-state index contributed by atoms with van der Waals surface area (Å²) in [4.78, 5) is 11.7. The zero-order valence-electron chi connectivity index (χ0n) is 14.9. The largest absolute Gasteiger partial charge is 0.457 e. The molecule has 0 aliphatic carbocycles. The number of fused-ring (bicyclic) bond motifs is 2. The third-order valence-corrected chi connectivity index (χ3v) is 4.87. The van der Waals surface area contributed by atoms with Crippen LogP contribution >= 0.6 is 0 Å². The van der Waals surface area contributed by atoms with Crippen LogP contribution in [0.3, 0.4) is 0 Å². The van der Waals surface area contributed by atoms with E-state index in [-0.39, 0.29) is 11.3 Å². The summed E-state index contributed by atoms with van der Waals surface area (Å²) in [6.07, 6.45) is 2.92. The Hall–Kier alpha value is -2.33. The van der Waals surface area contributed by atoms with Crippen LogP contribution in [0.25, 0.3) is 0 Å². The minimum atomic E-state index is -0.287. The number of methoxy groups -OCH3 is 1. The van der Waals surface area contributed by atoms with Gasteiger partial charge in [0.05, 0.1) is 0 Å². The molecule has 0 radical (unpaired) electrons. The van der Waals surface area contributed by atoms with Gasteiger partial charge >= 0.3 is 0 Å². The maximum Gasteiger partial charge on any atom is 0.216 e. The highest BCUT2D eigenvalue weighted by Crippen LogP contribution is 2.50. The molecule has 4 heteroatoms. The van der Waals surface area contributed by atoms with Gasteiger partial charge in [0, 0.05) is 43.7 Å². The smallest absolute Gasteiger partial charge is 0.216 e. The third kappa shape index (κ3) is 3.54. The van der Waals surface area contributed by atoms with Gasteiger partial charge in [-0.25, -0.2) is 0 Å². The molecule has 4 nitrogen and oxygen atoms in total. The molecule has 1 N–H and O–H groups in total. The van der Waals surface area contributed by atoms with E-state index in [0.717, 1.165) is 48.5 Å². The fourth-order valence-corrected chi connectivity index (χ4v) is 3.66. The number of para-hydroxylation sites is 2. The molecule has 1 aliphatic rings. The Bertz CT molecular complexity index is 696. The van der Waals surface area contributed by atoms with Crippen molar-refractivity contribution in [1.82, 2.24) is 5.32 Å². The second kappa shape index (κ2) is 7.70. The molecule has 0 unspecified atom stereocenters. The maximum absolute atomic E-state index is 11.7. The highest BCUT2D eigenvalue weighted by molar-refractivity contribution is 5.73. The molecule has 0 saturated heterocycles. The first-order valence-corrected chi connectivity index (χ1v) is 8.77. The summed E-state index contributed by atoms with van der Waals surface area (Å²) in [5.74, 6) is 1.73. The Morgan fingerprint density at radius 2 is 1.64 bits per heavy atom. The maximum atomic E-state index is 11.7. The van der Waals surface area contributed by atoms with E-state index in [4.69, 9.17) is 9.47 Å². The van der Waals surface area contributed by atoms with Gasteiger partial charge in [0.15, 0.2) is 0 Å². The number of hydrogen-bond acceptors (Lipinski definition) is 3. The van der Waals surface area contributed by atoms with Crippen LogP contribution < -0.4 is 10.1 Å². The van der Waals surface area contributed by atoms with Gasteiger partial charge in [-0.15, -0.1) is 0 Å². The lowest BCUT2D eigenvalue weighted by molar-refractivity contribution is -0.119. The van der Waals surface area contributed by atoms with Crippen LogP contribution in [0.5, 0.6) is 11.5 Å². The molecule has 1 heterocycles. The molecule has 1 aliphatic heterocycles. The first-order valence-electron chi connectivity index (χ1n) is 8.77. The molecule has 0 aromatic heterocycles. The molecule has 3 rings (SSSR count). The fourth-order valence-electron chi connectivity index (χ4n) is 3.66. The van der Waals surface area contributed by atoms with Crippen LogP contribution in [0.1, 0.15) is 37.3 Å². The van der Waals surface area contributed by atoms with E-state index in [2.05, 4.69) is 17.4 Å². The van der Waals surface area contributed by atoms with Gasteiger partial charge < -0.3 is 14.8 Å². The first kappa shape index (κ1) is 17.5. The topological polar surface area (TPSA) is 47.6 Å². The number of amides is 1. The van der Waals surface area contributed by atoms with Gasteiger partial charge in [0.25, 0.3) is 0 Å². The van der Waals surface area contributed by atoms with Gasteiger partial charge in [0.2, 0.25) is 5.91 Å². The van der Waals surface area contributed by atoms with Crippen molar-refractivity contribution in [2.24, 2.45) is 0 Å². The zero-order chi connectivity index (χ0) is 17.7. The molecule has 2 aromatic carbocycles. The Morgan fingerprint density at radius 3 is 2.20 bits per heavy atom. The Labute approximate surface area is 149 Å². The van der Waals surface area contributed by atoms with Crippen molar-refractivity contribution < 1.29 is 14.3 Å². The van der Waals surface area contributed by atoms with E-state index in [1.807, 2.05) is 36.4 Å². The predicted octanol–water partition coefficient (Wildman–Crippen LogP) is 4.03. The number of carbonyl (C=O) groups is 1. The standard InChI is InChI=1S/C21H25NO3/c1-16(23)22-15-21(13-7-8-14-24-2)17-9-3-5-11-19(17)25-20-12-6-4-10-18(20)21/h3-6,9-12H,7-8,13-15H2,1-2H3,(H,22,23). The normalized spacial score (nSPS) is 14.2. The number of rotatable bonds is 7. The van der Waals surface area contributed by atoms with Crippen LogP contribution in [0.4, 0.5) is 0 Å². The number of carbonyl (C=O) groups excluding carboxylic acids is 1. The molecule has 0 saturated carbocycles. The van der Waals surface area contributed by atoms with Crippen molar-refractivity contribution in [3.63, 3.8) is 0 Å². The van der Waals surface area contributed by atoms with E-state index in [0.29, 0.717) is 6.54 Å². The Kier molecular flexibility index (Phi) is 5.39. The second-order valence-electron chi connectivity index (χ2n) is 6.54. The van der Waals surface area contributed by atoms with Gasteiger partial charge in [-0.05, 0) is 31.4 Å². The molecular formula is C21H25NO3. The van der Waals surface area contributed by atoms with Gasteiger partial charge in [-0.1, -0.05) is 36.4 Å². The van der Waals surface area contributed by atoms with Crippen LogP contribution in [-0.4, -0.2) is 26.2 Å². The summed E-state index contributed by atoms with van der Waals surface area (Å²) in [6.45, 7) is 2.87. The molecular weight excluding hydrogens is 314 g/mol. The summed E-state index contributed by atoms with van der Waals surface area (Å²) < 4.78 is 11.3. The average Bonchev–Trinajstić information content (AvgIpc) is 2.63. The molecule has 2 aromatic rings. The van der Waals surface area contributed by atoms with Crippen molar-refractivity contribution in [3.05, 3.63) is 59.7 Å². The van der Waals surface area contributed by atoms with E-state index < -0.39 is 0 Å². The van der Waals surface area contributed by atoms with E-state index in [1.54, 1.807) is 14.0 Å². The SMILES string of the molecule is COCCCCC1(CNC(C)=O)c2ccccc2Oc2ccccc21. The fraction of sp³-hybridized carbons (Fsp3) is 0.381. The minimum Gasteiger partial charge on any atom is -0.457 e. The molecule has 25 heavy (non-hydrogen) atoms. The predicted molar refractivity (Wildman–Crippen MR) is 98.1 cm³/mol. The number of ether oxygens (including phenoxy) is 2. The molecule has 0 bridgehead atoms. The molecule has 1 amide bonds. The third-order valence-electron chi connectivity index (χ3n) is 4.87. The number of hydrogen-bond donors (Lipinski definition) is 1. The number of nitrogens with one attached hydrogen (secondary N) is 1. The van der Waals surface area contributed by atoms with E-state index in [9.17, 15) is 4.79 Å². The molecule has 0 atom stereocenters. The first-order chi connectivity index (χ1) is 12.2. The quantitative estimate of drug-likeness (QED) is 0.775. The van der Waals surface area contributed by atoms with Crippen LogP contribution in [0.2, 0.25) is 0 Å². The van der Waals surface area contributed by atoms with Crippen molar-refractivity contribution in [1.29, 1.82) is 0 Å². The Balaban J connectivity index is 2.05. The van der Waals surface area contributed by atoms with Crippen LogP contribution in [0, 0.1) is 0 Å². The number of unbranched alkanes of at least 4 members (excludes halogenated alkanes) is 1. The second-order valence-corrected chi connectivity index (χ2v) is 6.54. The molecule has 132 valence electrons. The monoisotopic (exact) mass is 339 g/mol. The van der Waals surface area contributed by atoms with Crippen LogP contribution in [-0.2, 0) is 14.9 Å². The summed E-state index contributed by atoms with van der Waals surface area (Å²) in [5, 5.41) is 3.05. The van der Waals surface area contributed by atoms with Gasteiger partial charge in [-0.3, -0.25) is 4.79 Å². The summed E-state index contributed by atoms with van der Waals surface area (Å²) in [6, 6.07) is 16.3. The highest BCUT2D eigenvalue weighted by Gasteiger charge is 2.41. The van der Waals surface area contributed by atoms with Crippen molar-refractivity contribution in [3.8, 4) is 11.5 Å². The Morgan fingerprint density at radius 1 is 1.04 bits per heavy atom. The van der Waals surface area contributed by atoms with Crippen molar-refractivity contribution >= 4 is 5.91 Å². The minimum absolute atomic E-state index is 0.0160. The van der Waals surface area contributed by atoms with Gasteiger partial charge in [0.1, 0.15) is 11.5 Å². The summed E-state index contributed by atoms with van der Waals surface area (Å²) >= 11 is 0. The summed E-state index contributed by atoms with van der Waals surface area (Å²) in [7, 11) is 1.73. The van der Waals surface area contributed by atoms with Crippen LogP contribution in [0.15, 0.2) is 48.5 Å². The average molecular weight is 339 g/mol. The highest BCUT2D eigenvalue weighted by atomic mass is 16.5. The lowest BCUT2D eigenvalue weighted by Gasteiger charge is -2.40. The lowest BCUT2D eigenvalue weighted by atomic mass is 9.69. The zero-order valence-corrected chi connectivity index (χ0v) is 14.9. The van der Waals surface area contributed by atoms with Gasteiger partial charge in [-0.2, -0.15) is 0 Å².